The smallest absolute Gasteiger partial charge is 0.321 e. The maximum atomic E-state index is 12.2. The van der Waals surface area contributed by atoms with E-state index in [-0.39, 0.29) is 17.7 Å². The van der Waals surface area contributed by atoms with Crippen molar-refractivity contribution in [1.82, 2.24) is 20.6 Å². The molecule has 0 aromatic carbocycles. The van der Waals surface area contributed by atoms with Gasteiger partial charge in [0.1, 0.15) is 15.7 Å². The molecule has 0 spiro atoms. The minimum Gasteiger partial charge on any atom is -0.335 e. The van der Waals surface area contributed by atoms with Crippen LogP contribution in [0.25, 0.3) is 10.2 Å². The number of amides is 3. The van der Waals surface area contributed by atoms with E-state index in [0.717, 1.165) is 40.1 Å². The number of hydrogen-bond acceptors (Lipinski definition) is 6. The Balaban J connectivity index is 1.59. The predicted molar refractivity (Wildman–Crippen MR) is 110 cm³/mol. The molecule has 8 heteroatoms. The van der Waals surface area contributed by atoms with Crippen LogP contribution < -0.4 is 10.6 Å². The summed E-state index contributed by atoms with van der Waals surface area (Å²) in [4.78, 5) is 35.5. The van der Waals surface area contributed by atoms with E-state index in [9.17, 15) is 9.59 Å². The Bertz CT molecular complexity index is 865. The first-order valence-electron chi connectivity index (χ1n) is 9.32. The minimum atomic E-state index is -0.397. The Morgan fingerprint density at radius 3 is 2.67 bits per heavy atom. The number of carbonyl (C=O) groups is 2. The number of thiophene rings is 1. The van der Waals surface area contributed by atoms with Gasteiger partial charge in [-0.1, -0.05) is 31.5 Å². The molecule has 2 atom stereocenters. The molecule has 1 fully saturated rings. The molecule has 6 nitrogen and oxygen atoms in total. The second kappa shape index (κ2) is 8.56. The van der Waals surface area contributed by atoms with Gasteiger partial charge in [0.05, 0.1) is 5.75 Å². The maximum Gasteiger partial charge on any atom is 0.321 e. The van der Waals surface area contributed by atoms with Gasteiger partial charge in [0.15, 0.2) is 0 Å². The number of urea groups is 1. The lowest BCUT2D eigenvalue weighted by atomic mass is 9.86. The lowest BCUT2D eigenvalue weighted by Crippen LogP contribution is -2.48. The number of fused-ring (bicyclic) bond motifs is 1. The second-order valence-electron chi connectivity index (χ2n) is 7.22. The van der Waals surface area contributed by atoms with Crippen LogP contribution >= 0.6 is 23.1 Å². The van der Waals surface area contributed by atoms with Crippen LogP contribution in [0.2, 0.25) is 0 Å². The van der Waals surface area contributed by atoms with Gasteiger partial charge < -0.3 is 5.32 Å². The van der Waals surface area contributed by atoms with Crippen LogP contribution in [0.3, 0.4) is 0 Å². The molecule has 3 rings (SSSR count). The third-order valence-corrected chi connectivity index (χ3v) is 7.20. The summed E-state index contributed by atoms with van der Waals surface area (Å²) in [7, 11) is 0. The van der Waals surface area contributed by atoms with E-state index < -0.39 is 6.03 Å². The van der Waals surface area contributed by atoms with Gasteiger partial charge in [-0.25, -0.2) is 14.8 Å². The Morgan fingerprint density at radius 2 is 1.93 bits per heavy atom. The Labute approximate surface area is 167 Å². The molecule has 3 amide bonds. The summed E-state index contributed by atoms with van der Waals surface area (Å²) in [5.41, 5.74) is 1.15. The van der Waals surface area contributed by atoms with Gasteiger partial charge in [-0.3, -0.25) is 10.1 Å². The molecular formula is C19H26N4O2S2. The van der Waals surface area contributed by atoms with Gasteiger partial charge in [0, 0.05) is 16.3 Å². The minimum absolute atomic E-state index is 0.146. The number of thioether (sulfide) groups is 1. The highest BCUT2D eigenvalue weighted by Crippen LogP contribution is 2.35. The molecule has 0 unspecified atom stereocenters. The fraction of sp³-hybridized carbons (Fsp3) is 0.579. The molecule has 2 heterocycles. The Morgan fingerprint density at radius 1 is 1.19 bits per heavy atom. The van der Waals surface area contributed by atoms with Gasteiger partial charge in [0.25, 0.3) is 0 Å². The maximum absolute atomic E-state index is 12.2. The quantitative estimate of drug-likeness (QED) is 0.590. The van der Waals surface area contributed by atoms with Crippen LogP contribution in [0.1, 0.15) is 48.9 Å². The summed E-state index contributed by atoms with van der Waals surface area (Å²) in [5.74, 6) is 0.981. The number of imide groups is 1. The molecule has 146 valence electrons. The molecular weight excluding hydrogens is 380 g/mol. The van der Waals surface area contributed by atoms with Crippen molar-refractivity contribution in [3.8, 4) is 0 Å². The molecule has 0 saturated heterocycles. The molecule has 2 aromatic heterocycles. The molecule has 27 heavy (non-hydrogen) atoms. The van der Waals surface area contributed by atoms with Crippen molar-refractivity contribution in [2.24, 2.45) is 5.92 Å². The van der Waals surface area contributed by atoms with Gasteiger partial charge >= 0.3 is 6.03 Å². The van der Waals surface area contributed by atoms with Crippen molar-refractivity contribution in [3.63, 3.8) is 0 Å². The monoisotopic (exact) mass is 406 g/mol. The third-order valence-electron chi connectivity index (χ3n) is 5.13. The van der Waals surface area contributed by atoms with E-state index in [0.29, 0.717) is 11.7 Å². The first-order valence-corrected chi connectivity index (χ1v) is 11.1. The molecule has 1 aliphatic rings. The lowest BCUT2D eigenvalue weighted by Gasteiger charge is -2.29. The SMILES string of the molecule is Cc1nc(SCC(=O)NC(=O)N[C@H]2CCCC[C@H]2C)c2c(C)c(C)sc2n1. The molecule has 0 radical (unpaired) electrons. The number of nitrogens with zero attached hydrogens (tertiary/aromatic N) is 2. The van der Waals surface area contributed by atoms with Crippen LogP contribution in [-0.4, -0.2) is 33.7 Å². The molecule has 2 aromatic rings. The van der Waals surface area contributed by atoms with Crippen molar-refractivity contribution in [2.45, 2.75) is 64.4 Å². The van der Waals surface area contributed by atoms with E-state index in [1.807, 2.05) is 6.92 Å². The second-order valence-corrected chi connectivity index (χ2v) is 9.39. The van der Waals surface area contributed by atoms with Crippen molar-refractivity contribution in [3.05, 3.63) is 16.3 Å². The van der Waals surface area contributed by atoms with Crippen molar-refractivity contribution >= 4 is 45.3 Å². The van der Waals surface area contributed by atoms with E-state index in [1.54, 1.807) is 11.3 Å². The molecule has 1 saturated carbocycles. The molecule has 2 N–H and O–H groups in total. The number of hydrogen-bond donors (Lipinski definition) is 2. The average Bonchev–Trinajstić information content (AvgIpc) is 2.88. The van der Waals surface area contributed by atoms with Gasteiger partial charge in [-0.2, -0.15) is 0 Å². The standard InChI is InChI=1S/C19H26N4O2S2/c1-10-7-5-6-8-14(10)22-19(25)23-15(24)9-26-17-16-11(2)12(3)27-18(16)21-13(4)20-17/h10,14H,5-9H2,1-4H3,(H2,22,23,24,25)/t10-,14+/m1/s1. The average molecular weight is 407 g/mol. The van der Waals surface area contributed by atoms with Gasteiger partial charge in [-0.15, -0.1) is 11.3 Å². The van der Waals surface area contributed by atoms with Crippen LogP contribution in [0.4, 0.5) is 4.79 Å². The Hall–Kier alpha value is -1.67. The summed E-state index contributed by atoms with van der Waals surface area (Å²) in [5, 5.41) is 7.21. The number of rotatable bonds is 4. The summed E-state index contributed by atoms with van der Waals surface area (Å²) in [6.45, 7) is 8.12. The van der Waals surface area contributed by atoms with E-state index in [1.165, 1.54) is 23.1 Å². The normalized spacial score (nSPS) is 19.9. The van der Waals surface area contributed by atoms with Crippen LogP contribution in [0.5, 0.6) is 0 Å². The predicted octanol–water partition coefficient (Wildman–Crippen LogP) is 4.11. The number of aryl methyl sites for hydroxylation is 3. The highest BCUT2D eigenvalue weighted by Gasteiger charge is 2.23. The molecule has 0 bridgehead atoms. The Kier molecular flexibility index (Phi) is 6.37. The van der Waals surface area contributed by atoms with Crippen molar-refractivity contribution in [1.29, 1.82) is 0 Å². The van der Waals surface area contributed by atoms with E-state index in [2.05, 4.69) is 41.4 Å². The summed E-state index contributed by atoms with van der Waals surface area (Å²) < 4.78 is 0. The van der Waals surface area contributed by atoms with Gasteiger partial charge in [0.2, 0.25) is 5.91 Å². The highest BCUT2D eigenvalue weighted by molar-refractivity contribution is 8.00. The number of nitrogens with one attached hydrogen (secondary N) is 2. The van der Waals surface area contributed by atoms with Crippen molar-refractivity contribution in [2.75, 3.05) is 5.75 Å². The highest BCUT2D eigenvalue weighted by atomic mass is 32.2. The molecule has 1 aliphatic carbocycles. The zero-order valence-corrected chi connectivity index (χ0v) is 17.9. The first-order chi connectivity index (χ1) is 12.8. The topological polar surface area (TPSA) is 84.0 Å². The number of aromatic nitrogens is 2. The van der Waals surface area contributed by atoms with Gasteiger partial charge in [-0.05, 0) is 45.1 Å². The first kappa shape index (κ1) is 20.1. The van der Waals surface area contributed by atoms with Crippen LogP contribution in [0.15, 0.2) is 5.03 Å². The zero-order valence-electron chi connectivity index (χ0n) is 16.2. The van der Waals surface area contributed by atoms with E-state index in [4.69, 9.17) is 0 Å². The zero-order chi connectivity index (χ0) is 19.6. The fourth-order valence-corrected chi connectivity index (χ4v) is 5.52. The number of carbonyl (C=O) groups excluding carboxylic acids is 2. The lowest BCUT2D eigenvalue weighted by molar-refractivity contribution is -0.117. The third kappa shape index (κ3) is 4.79. The fourth-order valence-electron chi connectivity index (χ4n) is 3.45. The summed E-state index contributed by atoms with van der Waals surface area (Å²) >= 11 is 2.99. The molecule has 0 aliphatic heterocycles. The van der Waals surface area contributed by atoms with Crippen molar-refractivity contribution < 1.29 is 9.59 Å². The van der Waals surface area contributed by atoms with Crippen LogP contribution in [-0.2, 0) is 4.79 Å². The van der Waals surface area contributed by atoms with Crippen LogP contribution in [0, 0.1) is 26.7 Å². The summed E-state index contributed by atoms with van der Waals surface area (Å²) in [6.07, 6.45) is 4.44. The van der Waals surface area contributed by atoms with E-state index >= 15 is 0 Å². The summed E-state index contributed by atoms with van der Waals surface area (Å²) in [6, 6.07) is -0.245. The largest absolute Gasteiger partial charge is 0.335 e.